The van der Waals surface area contributed by atoms with Crippen molar-refractivity contribution in [1.82, 2.24) is 4.98 Å². The number of para-hydroxylation sites is 1. The maximum atomic E-state index is 13.6. The SMILES string of the molecule is CC(C)(C)c1cc(-c2ccccc2)c2nc(-c3ccccc3N=Cc3cc(F)ccc3O)sc2c1. The highest BCUT2D eigenvalue weighted by molar-refractivity contribution is 7.21. The first-order chi connectivity index (χ1) is 16.8. The van der Waals surface area contributed by atoms with Crippen LogP contribution in [0.25, 0.3) is 31.9 Å². The van der Waals surface area contributed by atoms with E-state index < -0.39 is 5.82 Å². The van der Waals surface area contributed by atoms with Gasteiger partial charge in [0.1, 0.15) is 16.6 Å². The largest absolute Gasteiger partial charge is 0.507 e. The van der Waals surface area contributed by atoms with Crippen LogP contribution < -0.4 is 0 Å². The number of aromatic nitrogens is 1. The van der Waals surface area contributed by atoms with Crippen LogP contribution in [-0.4, -0.2) is 16.3 Å². The van der Waals surface area contributed by atoms with Gasteiger partial charge in [0.2, 0.25) is 0 Å². The van der Waals surface area contributed by atoms with Gasteiger partial charge in [-0.3, -0.25) is 4.99 Å². The van der Waals surface area contributed by atoms with E-state index in [2.05, 4.69) is 50.0 Å². The van der Waals surface area contributed by atoms with Crippen molar-refractivity contribution in [2.45, 2.75) is 26.2 Å². The quantitative estimate of drug-likeness (QED) is 0.262. The van der Waals surface area contributed by atoms with E-state index in [0.717, 1.165) is 31.9 Å². The van der Waals surface area contributed by atoms with Crippen LogP contribution in [0.2, 0.25) is 0 Å². The van der Waals surface area contributed by atoms with Gasteiger partial charge in [0.25, 0.3) is 0 Å². The molecule has 0 aliphatic carbocycles. The number of rotatable bonds is 4. The molecule has 0 saturated heterocycles. The number of hydrogen-bond acceptors (Lipinski definition) is 4. The molecule has 0 atom stereocenters. The smallest absolute Gasteiger partial charge is 0.126 e. The number of nitrogens with zero attached hydrogens (tertiary/aromatic N) is 2. The fraction of sp³-hybridized carbons (Fsp3) is 0.133. The summed E-state index contributed by atoms with van der Waals surface area (Å²) in [5, 5.41) is 10.9. The summed E-state index contributed by atoms with van der Waals surface area (Å²) in [5.41, 5.74) is 6.37. The van der Waals surface area contributed by atoms with Crippen molar-refractivity contribution < 1.29 is 9.50 Å². The van der Waals surface area contributed by atoms with E-state index in [1.165, 1.54) is 30.0 Å². The molecule has 0 unspecified atom stereocenters. The second kappa shape index (κ2) is 9.08. The Morgan fingerprint density at radius 3 is 2.40 bits per heavy atom. The molecule has 5 rings (SSSR count). The molecule has 3 nitrogen and oxygen atoms in total. The molecular formula is C30H25FN2OS. The zero-order valence-electron chi connectivity index (χ0n) is 19.8. The van der Waals surface area contributed by atoms with Crippen molar-refractivity contribution >= 4 is 33.5 Å². The Kier molecular flexibility index (Phi) is 5.95. The number of aromatic hydroxyl groups is 1. The lowest BCUT2D eigenvalue weighted by Crippen LogP contribution is -2.10. The molecule has 0 aliphatic rings. The Morgan fingerprint density at radius 1 is 0.886 bits per heavy atom. The topological polar surface area (TPSA) is 45.5 Å². The zero-order valence-corrected chi connectivity index (χ0v) is 20.6. The van der Waals surface area contributed by atoms with Gasteiger partial charge in [-0.25, -0.2) is 9.37 Å². The first-order valence-electron chi connectivity index (χ1n) is 11.4. The van der Waals surface area contributed by atoms with Crippen LogP contribution >= 0.6 is 11.3 Å². The number of thiazole rings is 1. The molecule has 1 heterocycles. The normalized spacial score (nSPS) is 12.0. The molecule has 1 aromatic heterocycles. The Morgan fingerprint density at radius 2 is 1.63 bits per heavy atom. The molecule has 0 fully saturated rings. The number of fused-ring (bicyclic) bond motifs is 1. The van der Waals surface area contributed by atoms with E-state index in [1.807, 2.05) is 42.5 Å². The fourth-order valence-electron chi connectivity index (χ4n) is 3.95. The molecule has 1 N–H and O–H groups in total. The first kappa shape index (κ1) is 22.9. The highest BCUT2D eigenvalue weighted by Crippen LogP contribution is 2.41. The Labute approximate surface area is 208 Å². The molecule has 35 heavy (non-hydrogen) atoms. The summed E-state index contributed by atoms with van der Waals surface area (Å²) in [6.07, 6.45) is 1.48. The van der Waals surface area contributed by atoms with Gasteiger partial charge >= 0.3 is 0 Å². The molecule has 5 heteroatoms. The molecule has 0 aliphatic heterocycles. The van der Waals surface area contributed by atoms with Crippen molar-refractivity contribution in [3.05, 3.63) is 102 Å². The van der Waals surface area contributed by atoms with Crippen LogP contribution in [0.15, 0.2) is 89.9 Å². The van der Waals surface area contributed by atoms with E-state index in [1.54, 1.807) is 11.3 Å². The standard InChI is InChI=1S/C30H25FN2OS/c1-30(2,3)21-16-24(19-9-5-4-6-10-19)28-27(17-21)35-29(33-28)23-11-7-8-12-25(23)32-18-20-15-22(31)13-14-26(20)34/h4-18,34H,1-3H3. The maximum absolute atomic E-state index is 13.6. The van der Waals surface area contributed by atoms with Gasteiger partial charge in [0, 0.05) is 22.9 Å². The Hall–Kier alpha value is -3.83. The fourth-order valence-corrected chi connectivity index (χ4v) is 5.02. The molecule has 0 radical (unpaired) electrons. The van der Waals surface area contributed by atoms with Gasteiger partial charge < -0.3 is 5.11 Å². The molecule has 0 spiro atoms. The van der Waals surface area contributed by atoms with E-state index in [4.69, 9.17) is 4.98 Å². The number of phenolic OH excluding ortho intramolecular Hbond substituents is 1. The van der Waals surface area contributed by atoms with Crippen LogP contribution in [-0.2, 0) is 5.41 Å². The average molecular weight is 481 g/mol. The predicted octanol–water partition coefficient (Wildman–Crippen LogP) is 8.52. The maximum Gasteiger partial charge on any atom is 0.126 e. The second-order valence-corrected chi connectivity index (χ2v) is 10.5. The summed E-state index contributed by atoms with van der Waals surface area (Å²) in [7, 11) is 0. The van der Waals surface area contributed by atoms with Crippen molar-refractivity contribution in [3.8, 4) is 27.4 Å². The summed E-state index contributed by atoms with van der Waals surface area (Å²) in [6.45, 7) is 6.66. The lowest BCUT2D eigenvalue weighted by molar-refractivity contribution is 0.472. The summed E-state index contributed by atoms with van der Waals surface area (Å²) >= 11 is 1.64. The second-order valence-electron chi connectivity index (χ2n) is 9.48. The van der Waals surface area contributed by atoms with Gasteiger partial charge in [0.05, 0.1) is 15.9 Å². The van der Waals surface area contributed by atoms with Gasteiger partial charge in [-0.05, 0) is 59.0 Å². The third kappa shape index (κ3) is 4.73. The number of hydrogen-bond donors (Lipinski definition) is 1. The van der Waals surface area contributed by atoms with Crippen LogP contribution in [0, 0.1) is 5.82 Å². The summed E-state index contributed by atoms with van der Waals surface area (Å²) in [4.78, 5) is 9.64. The molecular weight excluding hydrogens is 455 g/mol. The highest BCUT2D eigenvalue weighted by Gasteiger charge is 2.20. The lowest BCUT2D eigenvalue weighted by atomic mass is 9.85. The summed E-state index contributed by atoms with van der Waals surface area (Å²) in [6, 6.07) is 26.4. The third-order valence-electron chi connectivity index (χ3n) is 5.91. The minimum absolute atomic E-state index is 0.00294. The minimum Gasteiger partial charge on any atom is -0.507 e. The van der Waals surface area contributed by atoms with Crippen molar-refractivity contribution in [3.63, 3.8) is 0 Å². The van der Waals surface area contributed by atoms with Crippen LogP contribution in [0.3, 0.4) is 0 Å². The van der Waals surface area contributed by atoms with E-state index >= 15 is 0 Å². The number of halogens is 1. The monoisotopic (exact) mass is 480 g/mol. The van der Waals surface area contributed by atoms with Crippen molar-refractivity contribution in [2.75, 3.05) is 0 Å². The number of aliphatic imine (C=N–C) groups is 1. The Bertz CT molecular complexity index is 1550. The number of benzene rings is 4. The predicted molar refractivity (Wildman–Crippen MR) is 145 cm³/mol. The van der Waals surface area contributed by atoms with E-state index in [-0.39, 0.29) is 11.2 Å². The van der Waals surface area contributed by atoms with Gasteiger partial charge in [0.15, 0.2) is 0 Å². The van der Waals surface area contributed by atoms with Gasteiger partial charge in [-0.15, -0.1) is 11.3 Å². The summed E-state index contributed by atoms with van der Waals surface area (Å²) in [5.74, 6) is -0.443. The molecule has 5 aromatic rings. The molecule has 0 bridgehead atoms. The first-order valence-corrected chi connectivity index (χ1v) is 12.2. The van der Waals surface area contributed by atoms with Gasteiger partial charge in [-0.2, -0.15) is 0 Å². The minimum atomic E-state index is -0.424. The van der Waals surface area contributed by atoms with Crippen LogP contribution in [0.1, 0.15) is 31.9 Å². The summed E-state index contributed by atoms with van der Waals surface area (Å²) < 4.78 is 14.8. The molecule has 0 saturated carbocycles. The highest BCUT2D eigenvalue weighted by atomic mass is 32.1. The Balaban J connectivity index is 1.65. The average Bonchev–Trinajstić information content (AvgIpc) is 3.28. The van der Waals surface area contributed by atoms with Crippen LogP contribution in [0.4, 0.5) is 10.1 Å². The third-order valence-corrected chi connectivity index (χ3v) is 6.95. The molecule has 0 amide bonds. The zero-order chi connectivity index (χ0) is 24.6. The molecule has 4 aromatic carbocycles. The van der Waals surface area contributed by atoms with Crippen LogP contribution in [0.5, 0.6) is 5.75 Å². The number of phenols is 1. The van der Waals surface area contributed by atoms with Crippen molar-refractivity contribution in [1.29, 1.82) is 0 Å². The van der Waals surface area contributed by atoms with Crippen molar-refractivity contribution in [2.24, 2.45) is 4.99 Å². The van der Waals surface area contributed by atoms with Gasteiger partial charge in [-0.1, -0.05) is 63.2 Å². The lowest BCUT2D eigenvalue weighted by Gasteiger charge is -2.20. The van der Waals surface area contributed by atoms with E-state index in [0.29, 0.717) is 11.3 Å². The molecule has 174 valence electrons. The van der Waals surface area contributed by atoms with E-state index in [9.17, 15) is 9.50 Å².